The molecule has 96 valence electrons. The summed E-state index contributed by atoms with van der Waals surface area (Å²) in [6, 6.07) is 0. The van der Waals surface area contributed by atoms with Gasteiger partial charge in [0, 0.05) is 12.5 Å². The lowest BCUT2D eigenvalue weighted by molar-refractivity contribution is -0.137. The second-order valence-corrected chi connectivity index (χ2v) is 3.83. The van der Waals surface area contributed by atoms with Gasteiger partial charge in [-0.15, -0.1) is 0 Å². The molecule has 0 bridgehead atoms. The molecular formula is C13H20O4. The Bertz CT molecular complexity index is 279. The van der Waals surface area contributed by atoms with Crippen molar-refractivity contribution in [1.29, 1.82) is 0 Å². The summed E-state index contributed by atoms with van der Waals surface area (Å²) < 4.78 is 0. The van der Waals surface area contributed by atoms with Gasteiger partial charge in [-0.25, -0.2) is 4.79 Å². The minimum Gasteiger partial charge on any atom is -0.481 e. The Morgan fingerprint density at radius 2 is 1.53 bits per heavy atom. The molecule has 0 aliphatic rings. The highest BCUT2D eigenvalue weighted by Crippen LogP contribution is 2.07. The number of unbranched alkanes of at least 4 members (excludes halogenated alkanes) is 5. The molecule has 4 nitrogen and oxygen atoms in total. The molecule has 0 aromatic heterocycles. The third-order valence-electron chi connectivity index (χ3n) is 2.25. The van der Waals surface area contributed by atoms with Crippen LogP contribution in [0, 0.1) is 0 Å². The third kappa shape index (κ3) is 14.4. The van der Waals surface area contributed by atoms with Crippen LogP contribution in [0.15, 0.2) is 24.3 Å². The largest absolute Gasteiger partial charge is 0.481 e. The van der Waals surface area contributed by atoms with Gasteiger partial charge in [0.25, 0.3) is 0 Å². The summed E-state index contributed by atoms with van der Waals surface area (Å²) in [7, 11) is 0. The number of carboxylic acid groups (broad SMARTS) is 2. The van der Waals surface area contributed by atoms with Crippen molar-refractivity contribution in [3.8, 4) is 0 Å². The van der Waals surface area contributed by atoms with Gasteiger partial charge in [0.2, 0.25) is 0 Å². The molecule has 0 rings (SSSR count). The van der Waals surface area contributed by atoms with Gasteiger partial charge in [-0.3, -0.25) is 4.79 Å². The van der Waals surface area contributed by atoms with E-state index in [9.17, 15) is 9.59 Å². The van der Waals surface area contributed by atoms with E-state index < -0.39 is 11.9 Å². The second kappa shape index (κ2) is 10.9. The number of rotatable bonds is 10. The maximum Gasteiger partial charge on any atom is 0.328 e. The quantitative estimate of drug-likeness (QED) is 0.349. The van der Waals surface area contributed by atoms with Crippen LogP contribution < -0.4 is 0 Å². The van der Waals surface area contributed by atoms with Gasteiger partial charge in [0.15, 0.2) is 0 Å². The molecule has 0 aromatic carbocycles. The average molecular weight is 240 g/mol. The highest BCUT2D eigenvalue weighted by atomic mass is 16.4. The predicted molar refractivity (Wildman–Crippen MR) is 65.9 cm³/mol. The number of aliphatic carboxylic acids is 2. The Hall–Kier alpha value is -1.58. The van der Waals surface area contributed by atoms with Gasteiger partial charge in [-0.2, -0.15) is 0 Å². The highest BCUT2D eigenvalue weighted by molar-refractivity contribution is 5.80. The topological polar surface area (TPSA) is 74.6 Å². The van der Waals surface area contributed by atoms with Crippen LogP contribution in [0.4, 0.5) is 0 Å². The van der Waals surface area contributed by atoms with Crippen molar-refractivity contribution < 1.29 is 19.8 Å². The molecule has 0 aliphatic heterocycles. The third-order valence-corrected chi connectivity index (χ3v) is 2.25. The van der Waals surface area contributed by atoms with Crippen LogP contribution in [0.1, 0.15) is 44.9 Å². The summed E-state index contributed by atoms with van der Waals surface area (Å²) in [5, 5.41) is 16.7. The maximum absolute atomic E-state index is 10.2. The SMILES string of the molecule is O=C(O)/C=C/C=C\CCCCCCCC(=O)O. The highest BCUT2D eigenvalue weighted by Gasteiger charge is 1.95. The first-order valence-electron chi connectivity index (χ1n) is 5.91. The van der Waals surface area contributed by atoms with E-state index in [1.54, 1.807) is 6.08 Å². The van der Waals surface area contributed by atoms with Crippen LogP contribution in [0.2, 0.25) is 0 Å². The Kier molecular flexibility index (Phi) is 9.91. The number of hydrogen-bond donors (Lipinski definition) is 2. The predicted octanol–water partition coefficient (Wildman–Crippen LogP) is 3.00. The van der Waals surface area contributed by atoms with Gasteiger partial charge < -0.3 is 10.2 Å². The van der Waals surface area contributed by atoms with Gasteiger partial charge in [-0.05, 0) is 19.3 Å². The molecule has 17 heavy (non-hydrogen) atoms. The van der Waals surface area contributed by atoms with Crippen molar-refractivity contribution in [2.24, 2.45) is 0 Å². The zero-order valence-corrected chi connectivity index (χ0v) is 9.97. The molecule has 0 aliphatic carbocycles. The van der Waals surface area contributed by atoms with Crippen molar-refractivity contribution in [3.63, 3.8) is 0 Å². The van der Waals surface area contributed by atoms with Crippen LogP contribution in [-0.2, 0) is 9.59 Å². The molecule has 0 spiro atoms. The van der Waals surface area contributed by atoms with E-state index in [0.717, 1.165) is 44.6 Å². The first-order valence-corrected chi connectivity index (χ1v) is 5.91. The summed E-state index contributed by atoms with van der Waals surface area (Å²) in [4.78, 5) is 20.3. The van der Waals surface area contributed by atoms with Gasteiger partial charge in [-0.1, -0.05) is 37.5 Å². The van der Waals surface area contributed by atoms with Crippen molar-refractivity contribution in [3.05, 3.63) is 24.3 Å². The summed E-state index contributed by atoms with van der Waals surface area (Å²) in [5.74, 6) is -1.66. The minimum atomic E-state index is -0.937. The molecule has 0 saturated heterocycles. The zero-order valence-electron chi connectivity index (χ0n) is 9.97. The van der Waals surface area contributed by atoms with Crippen LogP contribution in [0.25, 0.3) is 0 Å². The van der Waals surface area contributed by atoms with E-state index >= 15 is 0 Å². The summed E-state index contributed by atoms with van der Waals surface area (Å²) >= 11 is 0. The summed E-state index contributed by atoms with van der Waals surface area (Å²) in [6.07, 6.45) is 12.4. The molecule has 0 unspecified atom stereocenters. The molecule has 0 radical (unpaired) electrons. The van der Waals surface area contributed by atoms with Crippen LogP contribution >= 0.6 is 0 Å². The molecule has 0 fully saturated rings. The first kappa shape index (κ1) is 15.4. The maximum atomic E-state index is 10.2. The number of hydrogen-bond acceptors (Lipinski definition) is 2. The van der Waals surface area contributed by atoms with Crippen molar-refractivity contribution in [1.82, 2.24) is 0 Å². The van der Waals surface area contributed by atoms with Crippen molar-refractivity contribution in [2.45, 2.75) is 44.9 Å². The van der Waals surface area contributed by atoms with Gasteiger partial charge >= 0.3 is 11.9 Å². The molecule has 0 heterocycles. The fourth-order valence-corrected chi connectivity index (χ4v) is 1.38. The smallest absolute Gasteiger partial charge is 0.328 e. The number of carboxylic acids is 2. The van der Waals surface area contributed by atoms with E-state index in [2.05, 4.69) is 0 Å². The molecule has 0 amide bonds. The molecule has 4 heteroatoms. The normalized spacial score (nSPS) is 11.3. The zero-order chi connectivity index (χ0) is 12.9. The van der Waals surface area contributed by atoms with Crippen LogP contribution in [-0.4, -0.2) is 22.2 Å². The van der Waals surface area contributed by atoms with E-state index in [-0.39, 0.29) is 6.42 Å². The first-order chi connectivity index (χ1) is 8.13. The van der Waals surface area contributed by atoms with Crippen molar-refractivity contribution >= 4 is 11.9 Å². The molecule has 0 atom stereocenters. The average Bonchev–Trinajstić information content (AvgIpc) is 2.25. The lowest BCUT2D eigenvalue weighted by Crippen LogP contribution is -1.93. The Morgan fingerprint density at radius 3 is 2.18 bits per heavy atom. The second-order valence-electron chi connectivity index (χ2n) is 3.83. The number of allylic oxidation sites excluding steroid dienone is 3. The summed E-state index contributed by atoms with van der Waals surface area (Å²) in [5.41, 5.74) is 0. The molecule has 2 N–H and O–H groups in total. The van der Waals surface area contributed by atoms with E-state index in [0.29, 0.717) is 0 Å². The van der Waals surface area contributed by atoms with E-state index in [4.69, 9.17) is 10.2 Å². The number of carbonyl (C=O) groups is 2. The lowest BCUT2D eigenvalue weighted by Gasteiger charge is -1.97. The van der Waals surface area contributed by atoms with E-state index in [1.165, 1.54) is 6.08 Å². The Balaban J connectivity index is 3.23. The van der Waals surface area contributed by atoms with Gasteiger partial charge in [0.05, 0.1) is 0 Å². The van der Waals surface area contributed by atoms with Gasteiger partial charge in [0.1, 0.15) is 0 Å². The Labute approximate surface area is 102 Å². The Morgan fingerprint density at radius 1 is 0.882 bits per heavy atom. The minimum absolute atomic E-state index is 0.264. The van der Waals surface area contributed by atoms with Crippen molar-refractivity contribution in [2.75, 3.05) is 0 Å². The molecular weight excluding hydrogens is 220 g/mol. The fourth-order valence-electron chi connectivity index (χ4n) is 1.38. The molecule has 0 aromatic rings. The standard InChI is InChI=1S/C13H20O4/c14-12(15)10-8-6-4-2-1-3-5-7-9-11-13(16)17/h4,6,8,10H,1-3,5,7,9,11H2,(H,14,15)(H,16,17)/b6-4-,10-8+. The van der Waals surface area contributed by atoms with Crippen LogP contribution in [0.5, 0.6) is 0 Å². The fraction of sp³-hybridized carbons (Fsp3) is 0.538. The van der Waals surface area contributed by atoms with E-state index in [1.807, 2.05) is 6.08 Å². The van der Waals surface area contributed by atoms with Crippen LogP contribution in [0.3, 0.4) is 0 Å². The molecule has 0 saturated carbocycles. The lowest BCUT2D eigenvalue weighted by atomic mass is 10.1. The summed E-state index contributed by atoms with van der Waals surface area (Å²) in [6.45, 7) is 0. The monoisotopic (exact) mass is 240 g/mol.